The summed E-state index contributed by atoms with van der Waals surface area (Å²) < 4.78 is 51.1. The van der Waals surface area contributed by atoms with Crippen molar-refractivity contribution < 1.29 is 17.6 Å². The van der Waals surface area contributed by atoms with Crippen LogP contribution < -0.4 is 5.32 Å². The van der Waals surface area contributed by atoms with Crippen LogP contribution in [0.4, 0.5) is 17.6 Å². The van der Waals surface area contributed by atoms with Gasteiger partial charge in [-0.2, -0.15) is 13.2 Å². The Kier molecular flexibility index (Phi) is 5.22. The Balaban J connectivity index is 1.92. The summed E-state index contributed by atoms with van der Waals surface area (Å²) >= 11 is 0. The lowest BCUT2D eigenvalue weighted by Crippen LogP contribution is -2.37. The Morgan fingerprint density at radius 1 is 1.33 bits per heavy atom. The number of alkyl halides is 3. The maximum absolute atomic E-state index is 13.2. The van der Waals surface area contributed by atoms with Crippen LogP contribution in [0.5, 0.6) is 0 Å². The molecule has 1 aliphatic rings. The fourth-order valence-corrected chi connectivity index (χ4v) is 2.83. The molecule has 0 aromatic heterocycles. The molecule has 0 aliphatic carbocycles. The van der Waals surface area contributed by atoms with Gasteiger partial charge in [0.05, 0.1) is 5.56 Å². The Morgan fingerprint density at radius 2 is 2.10 bits per heavy atom. The number of hydrogen-bond acceptors (Lipinski definition) is 2. The van der Waals surface area contributed by atoms with E-state index in [4.69, 9.17) is 0 Å². The molecule has 1 saturated heterocycles. The third kappa shape index (κ3) is 4.17. The first-order valence-corrected chi connectivity index (χ1v) is 7.22. The van der Waals surface area contributed by atoms with Crippen molar-refractivity contribution in [2.45, 2.75) is 38.5 Å². The maximum atomic E-state index is 13.2. The van der Waals surface area contributed by atoms with Crippen molar-refractivity contribution in [2.24, 2.45) is 0 Å². The second-order valence-electron chi connectivity index (χ2n) is 5.37. The smallest absolute Gasteiger partial charge is 0.311 e. The summed E-state index contributed by atoms with van der Waals surface area (Å²) in [6, 6.07) is 3.60. The van der Waals surface area contributed by atoms with Crippen LogP contribution in [0.1, 0.15) is 30.9 Å². The fourth-order valence-electron chi connectivity index (χ4n) is 2.83. The van der Waals surface area contributed by atoms with Crippen LogP contribution in [-0.4, -0.2) is 30.6 Å². The molecule has 0 radical (unpaired) electrons. The van der Waals surface area contributed by atoms with E-state index in [9.17, 15) is 17.6 Å². The SMILES string of the molecule is CCN1CCCC1CNCc1ccc(F)c(C(F)(F)F)c1. The molecule has 2 rings (SSSR count). The number of likely N-dealkylation sites (N-methyl/N-ethyl adjacent to an activating group) is 1. The summed E-state index contributed by atoms with van der Waals surface area (Å²) in [6.07, 6.45) is -2.38. The van der Waals surface area contributed by atoms with E-state index >= 15 is 0 Å². The van der Waals surface area contributed by atoms with E-state index in [1.54, 1.807) is 0 Å². The van der Waals surface area contributed by atoms with Crippen molar-refractivity contribution in [2.75, 3.05) is 19.6 Å². The van der Waals surface area contributed by atoms with E-state index in [2.05, 4.69) is 17.1 Å². The standard InChI is InChI=1S/C15H20F4N2/c1-2-21-7-3-4-12(21)10-20-9-11-5-6-14(16)13(8-11)15(17,18)19/h5-6,8,12,20H,2-4,7,9-10H2,1H3. The molecule has 1 aliphatic heterocycles. The Hall–Kier alpha value is -1.14. The van der Waals surface area contributed by atoms with Crippen LogP contribution in [-0.2, 0) is 12.7 Å². The van der Waals surface area contributed by atoms with Crippen molar-refractivity contribution in [3.05, 3.63) is 35.1 Å². The molecule has 118 valence electrons. The molecule has 1 fully saturated rings. The summed E-state index contributed by atoms with van der Waals surface area (Å²) in [4.78, 5) is 2.36. The minimum absolute atomic E-state index is 0.317. The van der Waals surface area contributed by atoms with Gasteiger partial charge in [-0.15, -0.1) is 0 Å². The molecule has 1 atom stereocenters. The molecule has 0 amide bonds. The number of halogens is 4. The van der Waals surface area contributed by atoms with Gasteiger partial charge in [-0.05, 0) is 43.6 Å². The third-order valence-electron chi connectivity index (χ3n) is 3.95. The first-order chi connectivity index (χ1) is 9.91. The predicted octanol–water partition coefficient (Wildman–Crippen LogP) is 3.42. The highest BCUT2D eigenvalue weighted by Crippen LogP contribution is 2.31. The average Bonchev–Trinajstić information content (AvgIpc) is 2.87. The summed E-state index contributed by atoms with van der Waals surface area (Å²) in [5.41, 5.74) is -0.748. The highest BCUT2D eigenvalue weighted by atomic mass is 19.4. The summed E-state index contributed by atoms with van der Waals surface area (Å²) in [6.45, 7) is 5.23. The van der Waals surface area contributed by atoms with Gasteiger partial charge >= 0.3 is 6.18 Å². The van der Waals surface area contributed by atoms with Crippen LogP contribution in [0.2, 0.25) is 0 Å². The first-order valence-electron chi connectivity index (χ1n) is 7.22. The number of benzene rings is 1. The lowest BCUT2D eigenvalue weighted by atomic mass is 10.1. The summed E-state index contributed by atoms with van der Waals surface area (Å²) in [7, 11) is 0. The molecule has 0 saturated carbocycles. The zero-order chi connectivity index (χ0) is 15.5. The van der Waals surface area contributed by atoms with Gasteiger partial charge in [-0.25, -0.2) is 4.39 Å². The van der Waals surface area contributed by atoms with Crippen molar-refractivity contribution in [3.63, 3.8) is 0 Å². The number of nitrogens with one attached hydrogen (secondary N) is 1. The van der Waals surface area contributed by atoms with E-state index in [1.165, 1.54) is 6.07 Å². The van der Waals surface area contributed by atoms with Crippen LogP contribution >= 0.6 is 0 Å². The van der Waals surface area contributed by atoms with Crippen LogP contribution in [0.3, 0.4) is 0 Å². The lowest BCUT2D eigenvalue weighted by Gasteiger charge is -2.23. The van der Waals surface area contributed by atoms with Crippen LogP contribution in [0.25, 0.3) is 0 Å². The molecule has 0 bridgehead atoms. The van der Waals surface area contributed by atoms with Gasteiger partial charge in [0.25, 0.3) is 0 Å². The normalized spacial score (nSPS) is 20.1. The van der Waals surface area contributed by atoms with Crippen LogP contribution in [0.15, 0.2) is 18.2 Å². The number of likely N-dealkylation sites (tertiary alicyclic amines) is 1. The van der Waals surface area contributed by atoms with E-state index in [0.717, 1.165) is 44.6 Å². The Labute approximate surface area is 122 Å². The van der Waals surface area contributed by atoms with Gasteiger partial charge in [0, 0.05) is 19.1 Å². The van der Waals surface area contributed by atoms with Gasteiger partial charge in [0.2, 0.25) is 0 Å². The van der Waals surface area contributed by atoms with Crippen LogP contribution in [0, 0.1) is 5.82 Å². The van der Waals surface area contributed by atoms with Gasteiger partial charge in [-0.1, -0.05) is 13.0 Å². The average molecular weight is 304 g/mol. The molecular formula is C15H20F4N2. The van der Waals surface area contributed by atoms with Gasteiger partial charge < -0.3 is 5.32 Å². The maximum Gasteiger partial charge on any atom is 0.419 e. The topological polar surface area (TPSA) is 15.3 Å². The highest BCUT2D eigenvalue weighted by Gasteiger charge is 2.34. The zero-order valence-electron chi connectivity index (χ0n) is 12.0. The molecule has 1 aromatic carbocycles. The number of nitrogens with zero attached hydrogens (tertiary/aromatic N) is 1. The van der Waals surface area contributed by atoms with E-state index in [-0.39, 0.29) is 0 Å². The minimum atomic E-state index is -4.65. The number of hydrogen-bond donors (Lipinski definition) is 1. The van der Waals surface area contributed by atoms with Gasteiger partial charge in [0.1, 0.15) is 5.82 Å². The molecule has 1 unspecified atom stereocenters. The van der Waals surface area contributed by atoms with Gasteiger partial charge in [-0.3, -0.25) is 4.90 Å². The van der Waals surface area contributed by atoms with Crippen molar-refractivity contribution >= 4 is 0 Å². The van der Waals surface area contributed by atoms with Crippen molar-refractivity contribution in [1.29, 1.82) is 0 Å². The van der Waals surface area contributed by atoms with Crippen molar-refractivity contribution in [1.82, 2.24) is 10.2 Å². The summed E-state index contributed by atoms with van der Waals surface area (Å²) in [5.74, 6) is -1.22. The second-order valence-corrected chi connectivity index (χ2v) is 5.37. The van der Waals surface area contributed by atoms with E-state index in [0.29, 0.717) is 18.2 Å². The van der Waals surface area contributed by atoms with E-state index in [1.807, 2.05) is 0 Å². The molecule has 21 heavy (non-hydrogen) atoms. The Morgan fingerprint density at radius 3 is 2.76 bits per heavy atom. The van der Waals surface area contributed by atoms with Gasteiger partial charge in [0.15, 0.2) is 0 Å². The lowest BCUT2D eigenvalue weighted by molar-refractivity contribution is -0.140. The zero-order valence-corrected chi connectivity index (χ0v) is 12.0. The summed E-state index contributed by atoms with van der Waals surface area (Å²) in [5, 5.41) is 3.17. The molecule has 1 heterocycles. The molecule has 1 N–H and O–H groups in total. The third-order valence-corrected chi connectivity index (χ3v) is 3.95. The minimum Gasteiger partial charge on any atom is -0.311 e. The van der Waals surface area contributed by atoms with E-state index < -0.39 is 17.6 Å². The molecule has 2 nitrogen and oxygen atoms in total. The quantitative estimate of drug-likeness (QED) is 0.839. The monoisotopic (exact) mass is 304 g/mol. The first kappa shape index (κ1) is 16.2. The molecule has 6 heteroatoms. The Bertz CT molecular complexity index is 473. The second kappa shape index (κ2) is 6.75. The fraction of sp³-hybridized carbons (Fsp3) is 0.600. The molecule has 0 spiro atoms. The highest BCUT2D eigenvalue weighted by molar-refractivity contribution is 5.27. The molecular weight excluding hydrogens is 284 g/mol. The largest absolute Gasteiger partial charge is 0.419 e. The molecule has 1 aromatic rings. The number of rotatable bonds is 5. The predicted molar refractivity (Wildman–Crippen MR) is 73.4 cm³/mol. The van der Waals surface area contributed by atoms with Crippen molar-refractivity contribution in [3.8, 4) is 0 Å².